The van der Waals surface area contributed by atoms with Gasteiger partial charge < -0.3 is 14.5 Å². The maximum absolute atomic E-state index is 13.1. The van der Waals surface area contributed by atoms with Gasteiger partial charge in [-0.25, -0.2) is 4.98 Å². The summed E-state index contributed by atoms with van der Waals surface area (Å²) in [5, 5.41) is 0.440. The number of aromatic nitrogens is 3. The number of rotatable bonds is 7. The van der Waals surface area contributed by atoms with Crippen molar-refractivity contribution in [2.45, 2.75) is 38.0 Å². The monoisotopic (exact) mass is 435 g/mol. The van der Waals surface area contributed by atoms with Crippen molar-refractivity contribution in [1.82, 2.24) is 15.0 Å². The Kier molecular flexibility index (Phi) is 6.15. The molecule has 0 saturated carbocycles. The summed E-state index contributed by atoms with van der Waals surface area (Å²) in [4.78, 5) is 12.3. The molecule has 160 valence electrons. The Morgan fingerprint density at radius 1 is 1.10 bits per heavy atom. The summed E-state index contributed by atoms with van der Waals surface area (Å²) in [7, 11) is 0.221. The van der Waals surface area contributed by atoms with Crippen molar-refractivity contribution in [2.24, 2.45) is 0 Å². The predicted octanol–water partition coefficient (Wildman–Crippen LogP) is 4.92. The largest absolute Gasteiger partial charge is 0.465 e. The molecular formula is C24H25N3O3S. The highest BCUT2D eigenvalue weighted by atomic mass is 32.2. The molecule has 0 amide bonds. The molecule has 0 saturated heterocycles. The van der Waals surface area contributed by atoms with Crippen LogP contribution in [0.1, 0.15) is 23.7 Å². The molecule has 0 bridgehead atoms. The first-order chi connectivity index (χ1) is 15.0. The molecule has 4 aromatic rings. The molecule has 0 radical (unpaired) electrons. The average Bonchev–Trinajstić information content (AvgIpc) is 3.22. The first kappa shape index (κ1) is 21.2. The van der Waals surface area contributed by atoms with Gasteiger partial charge in [-0.2, -0.15) is 0 Å². The van der Waals surface area contributed by atoms with Crippen LogP contribution in [0.2, 0.25) is 0 Å². The van der Waals surface area contributed by atoms with Crippen molar-refractivity contribution in [1.29, 1.82) is 0 Å². The van der Waals surface area contributed by atoms with Gasteiger partial charge in [0.15, 0.2) is 11.4 Å². The number of aromatic amines is 1. The normalized spacial score (nSPS) is 13.3. The Morgan fingerprint density at radius 3 is 2.61 bits per heavy atom. The standard InChI is InChI=1S/C24H25N3O3S/c1-15-13-25-22(16(2)23(15)30-17(3)29-4)14-31(28)24-26-20-11-10-19(12-21(20)27-24)18-8-6-5-7-9-18/h5-13,17H,14H2,1-4H3,(H,26,27). The van der Waals surface area contributed by atoms with Crippen molar-refractivity contribution >= 4 is 21.8 Å². The number of pyridine rings is 1. The second kappa shape index (κ2) is 8.99. The number of aryl methyl sites for hydroxylation is 1. The van der Waals surface area contributed by atoms with Crippen molar-refractivity contribution in [2.75, 3.05) is 7.11 Å². The topological polar surface area (TPSA) is 77.1 Å². The molecule has 1 N–H and O–H groups in total. The van der Waals surface area contributed by atoms with Crippen LogP contribution in [-0.4, -0.2) is 32.6 Å². The van der Waals surface area contributed by atoms with Gasteiger partial charge in [0.05, 0.1) is 33.3 Å². The third-order valence-electron chi connectivity index (χ3n) is 5.21. The van der Waals surface area contributed by atoms with E-state index in [4.69, 9.17) is 9.47 Å². The van der Waals surface area contributed by atoms with Crippen LogP contribution in [0.3, 0.4) is 0 Å². The van der Waals surface area contributed by atoms with Crippen LogP contribution in [-0.2, 0) is 21.3 Å². The van der Waals surface area contributed by atoms with E-state index in [1.807, 2.05) is 57.2 Å². The first-order valence-corrected chi connectivity index (χ1v) is 11.4. The lowest BCUT2D eigenvalue weighted by Gasteiger charge is -2.18. The van der Waals surface area contributed by atoms with Gasteiger partial charge in [0.25, 0.3) is 0 Å². The number of benzene rings is 2. The average molecular weight is 436 g/mol. The Labute approximate surface area is 184 Å². The molecule has 0 fully saturated rings. The van der Waals surface area contributed by atoms with Gasteiger partial charge in [-0.3, -0.25) is 9.19 Å². The minimum absolute atomic E-state index is 0.245. The maximum Gasteiger partial charge on any atom is 0.197 e. The zero-order valence-electron chi connectivity index (χ0n) is 18.0. The summed E-state index contributed by atoms with van der Waals surface area (Å²) in [5.74, 6) is 0.961. The van der Waals surface area contributed by atoms with E-state index in [2.05, 4.69) is 27.1 Å². The number of hydrogen-bond donors (Lipinski definition) is 1. The zero-order chi connectivity index (χ0) is 22.0. The lowest BCUT2D eigenvalue weighted by molar-refractivity contribution is -0.0391. The smallest absolute Gasteiger partial charge is 0.197 e. The number of methoxy groups -OCH3 is 1. The highest BCUT2D eigenvalue weighted by molar-refractivity contribution is 7.84. The molecule has 2 atom stereocenters. The molecule has 2 aromatic heterocycles. The van der Waals surface area contributed by atoms with Crippen molar-refractivity contribution < 1.29 is 13.7 Å². The van der Waals surface area contributed by atoms with Crippen LogP contribution < -0.4 is 4.74 Å². The predicted molar refractivity (Wildman–Crippen MR) is 122 cm³/mol. The van der Waals surface area contributed by atoms with Crippen molar-refractivity contribution in [3.8, 4) is 16.9 Å². The molecule has 2 unspecified atom stereocenters. The first-order valence-electron chi connectivity index (χ1n) is 10.0. The Bertz CT molecular complexity index is 1240. The third-order valence-corrected chi connectivity index (χ3v) is 6.37. The summed E-state index contributed by atoms with van der Waals surface area (Å²) >= 11 is 0. The minimum atomic E-state index is -1.37. The fraction of sp³-hybridized carbons (Fsp3) is 0.250. The molecule has 31 heavy (non-hydrogen) atoms. The summed E-state index contributed by atoms with van der Waals surface area (Å²) < 4.78 is 24.2. The van der Waals surface area contributed by atoms with Crippen molar-refractivity contribution in [3.05, 3.63) is 71.5 Å². The van der Waals surface area contributed by atoms with Crippen LogP contribution in [0.5, 0.6) is 5.75 Å². The van der Waals surface area contributed by atoms with Crippen LogP contribution in [0.4, 0.5) is 0 Å². The fourth-order valence-electron chi connectivity index (χ4n) is 3.39. The molecule has 2 heterocycles. The number of fused-ring (bicyclic) bond motifs is 1. The van der Waals surface area contributed by atoms with E-state index in [1.54, 1.807) is 13.3 Å². The molecule has 4 rings (SSSR count). The lowest BCUT2D eigenvalue weighted by Crippen LogP contribution is -2.16. The van der Waals surface area contributed by atoms with E-state index in [9.17, 15) is 4.21 Å². The fourth-order valence-corrected chi connectivity index (χ4v) is 4.49. The number of ether oxygens (including phenoxy) is 2. The summed E-state index contributed by atoms with van der Waals surface area (Å²) in [5.41, 5.74) is 6.34. The second-order valence-electron chi connectivity index (χ2n) is 7.39. The van der Waals surface area contributed by atoms with Crippen LogP contribution in [0, 0.1) is 13.8 Å². The lowest BCUT2D eigenvalue weighted by atomic mass is 10.1. The van der Waals surface area contributed by atoms with E-state index in [1.165, 1.54) is 0 Å². The van der Waals surface area contributed by atoms with Gasteiger partial charge in [0.1, 0.15) is 5.75 Å². The Hall–Kier alpha value is -3.03. The van der Waals surface area contributed by atoms with Gasteiger partial charge >= 0.3 is 0 Å². The van der Waals surface area contributed by atoms with Gasteiger partial charge in [0, 0.05) is 24.4 Å². The van der Waals surface area contributed by atoms with Crippen LogP contribution in [0.15, 0.2) is 59.9 Å². The summed E-state index contributed by atoms with van der Waals surface area (Å²) in [6.07, 6.45) is 1.36. The van der Waals surface area contributed by atoms with E-state index >= 15 is 0 Å². The second-order valence-corrected chi connectivity index (χ2v) is 8.76. The molecule has 0 aliphatic carbocycles. The highest BCUT2D eigenvalue weighted by Crippen LogP contribution is 2.28. The Balaban J connectivity index is 1.59. The minimum Gasteiger partial charge on any atom is -0.465 e. The maximum atomic E-state index is 13.1. The van der Waals surface area contributed by atoms with Gasteiger partial charge in [-0.1, -0.05) is 36.4 Å². The summed E-state index contributed by atoms with van der Waals surface area (Å²) in [6, 6.07) is 16.1. The quantitative estimate of drug-likeness (QED) is 0.417. The van der Waals surface area contributed by atoms with Gasteiger partial charge in [0.2, 0.25) is 0 Å². The van der Waals surface area contributed by atoms with E-state index < -0.39 is 10.8 Å². The number of H-pyrrole nitrogens is 1. The Morgan fingerprint density at radius 2 is 1.87 bits per heavy atom. The third kappa shape index (κ3) is 4.52. The molecule has 0 aliphatic rings. The van der Waals surface area contributed by atoms with Crippen LogP contribution >= 0.6 is 0 Å². The molecule has 0 spiro atoms. The van der Waals surface area contributed by atoms with E-state index in [0.29, 0.717) is 16.6 Å². The highest BCUT2D eigenvalue weighted by Gasteiger charge is 2.18. The molecular weight excluding hydrogens is 410 g/mol. The number of nitrogens with zero attached hydrogens (tertiary/aromatic N) is 2. The number of imidazole rings is 1. The number of hydrogen-bond acceptors (Lipinski definition) is 5. The van der Waals surface area contributed by atoms with Gasteiger partial charge in [-0.05, 0) is 44.0 Å². The molecule has 7 heteroatoms. The van der Waals surface area contributed by atoms with Crippen LogP contribution in [0.25, 0.3) is 22.2 Å². The van der Waals surface area contributed by atoms with Crippen molar-refractivity contribution in [3.63, 3.8) is 0 Å². The summed E-state index contributed by atoms with van der Waals surface area (Å²) in [6.45, 7) is 5.69. The number of nitrogens with one attached hydrogen (secondary N) is 1. The zero-order valence-corrected chi connectivity index (χ0v) is 18.8. The van der Waals surface area contributed by atoms with E-state index in [-0.39, 0.29) is 12.0 Å². The van der Waals surface area contributed by atoms with Gasteiger partial charge in [-0.15, -0.1) is 0 Å². The SMILES string of the molecule is COC(C)Oc1c(C)cnc(CS(=O)c2nc3ccc(-c4ccccc4)cc3[nH]2)c1C. The molecule has 2 aromatic carbocycles. The van der Waals surface area contributed by atoms with E-state index in [0.717, 1.165) is 33.3 Å². The molecule has 6 nitrogen and oxygen atoms in total. The molecule has 0 aliphatic heterocycles.